The Hall–Kier alpha value is -2.57. The zero-order valence-corrected chi connectivity index (χ0v) is 14.0. The number of nitrogens with one attached hydrogen (secondary N) is 2. The number of amides is 1. The molecule has 25 heavy (non-hydrogen) atoms. The molecule has 134 valence electrons. The minimum atomic E-state index is -1.15. The lowest BCUT2D eigenvalue weighted by atomic mass is 10.0. The SMILES string of the molecule is O=C(O)N[C@@H](Cc1ccccc1)[C@@H](O)CNCCOc1ccccc1. The molecule has 0 radical (unpaired) electrons. The van der Waals surface area contributed by atoms with Crippen LogP contribution >= 0.6 is 0 Å². The summed E-state index contributed by atoms with van der Waals surface area (Å²) in [5, 5.41) is 24.8. The molecule has 6 heteroatoms. The van der Waals surface area contributed by atoms with Gasteiger partial charge in [-0.25, -0.2) is 4.79 Å². The van der Waals surface area contributed by atoms with E-state index in [9.17, 15) is 9.90 Å². The maximum absolute atomic E-state index is 11.0. The number of rotatable bonds is 10. The van der Waals surface area contributed by atoms with Gasteiger partial charge < -0.3 is 25.6 Å². The highest BCUT2D eigenvalue weighted by atomic mass is 16.5. The second-order valence-electron chi connectivity index (χ2n) is 5.68. The lowest BCUT2D eigenvalue weighted by Crippen LogP contribution is -2.48. The van der Waals surface area contributed by atoms with Crippen molar-refractivity contribution in [2.45, 2.75) is 18.6 Å². The van der Waals surface area contributed by atoms with Crippen molar-refractivity contribution in [1.29, 1.82) is 0 Å². The summed E-state index contributed by atoms with van der Waals surface area (Å²) in [6, 6.07) is 18.4. The van der Waals surface area contributed by atoms with Crippen molar-refractivity contribution in [2.75, 3.05) is 19.7 Å². The van der Waals surface area contributed by atoms with E-state index in [1.165, 1.54) is 0 Å². The van der Waals surface area contributed by atoms with Gasteiger partial charge in [-0.3, -0.25) is 0 Å². The van der Waals surface area contributed by atoms with Crippen LogP contribution in [0.5, 0.6) is 5.75 Å². The summed E-state index contributed by atoms with van der Waals surface area (Å²) >= 11 is 0. The Bertz CT molecular complexity index is 622. The number of hydrogen-bond donors (Lipinski definition) is 4. The van der Waals surface area contributed by atoms with Crippen molar-refractivity contribution < 1.29 is 19.7 Å². The van der Waals surface area contributed by atoms with Crippen molar-refractivity contribution >= 4 is 6.09 Å². The maximum Gasteiger partial charge on any atom is 0.404 e. The largest absolute Gasteiger partial charge is 0.492 e. The Labute approximate surface area is 147 Å². The van der Waals surface area contributed by atoms with E-state index >= 15 is 0 Å². The lowest BCUT2D eigenvalue weighted by molar-refractivity contribution is 0.117. The molecule has 1 amide bonds. The molecule has 2 rings (SSSR count). The molecule has 0 aliphatic heterocycles. The molecule has 0 unspecified atom stereocenters. The van der Waals surface area contributed by atoms with Gasteiger partial charge in [-0.15, -0.1) is 0 Å². The number of benzene rings is 2. The van der Waals surface area contributed by atoms with Crippen molar-refractivity contribution in [3.8, 4) is 5.75 Å². The van der Waals surface area contributed by atoms with Crippen LogP contribution in [0.3, 0.4) is 0 Å². The van der Waals surface area contributed by atoms with E-state index in [2.05, 4.69) is 10.6 Å². The standard InChI is InChI=1S/C19H24N2O4/c22-18(14-20-11-12-25-16-9-5-2-6-10-16)17(21-19(23)24)13-15-7-3-1-4-8-15/h1-10,17-18,20-22H,11-14H2,(H,23,24)/t17-,18-/m0/s1. The highest BCUT2D eigenvalue weighted by Gasteiger charge is 2.21. The summed E-state index contributed by atoms with van der Waals surface area (Å²) in [6.07, 6.45) is -1.56. The second kappa shape index (κ2) is 10.3. The fraction of sp³-hybridized carbons (Fsp3) is 0.316. The molecule has 4 N–H and O–H groups in total. The number of aliphatic hydroxyl groups excluding tert-OH is 1. The fourth-order valence-electron chi connectivity index (χ4n) is 2.46. The Morgan fingerprint density at radius 3 is 2.32 bits per heavy atom. The van der Waals surface area contributed by atoms with Crippen LogP contribution in [0.25, 0.3) is 0 Å². The van der Waals surface area contributed by atoms with E-state index < -0.39 is 18.2 Å². The topological polar surface area (TPSA) is 90.8 Å². The first-order chi connectivity index (χ1) is 12.1. The molecule has 0 aliphatic carbocycles. The van der Waals surface area contributed by atoms with Gasteiger partial charge >= 0.3 is 6.09 Å². The van der Waals surface area contributed by atoms with Gasteiger partial charge in [-0.2, -0.15) is 0 Å². The average Bonchev–Trinajstić information content (AvgIpc) is 2.62. The zero-order chi connectivity index (χ0) is 17.9. The van der Waals surface area contributed by atoms with Crippen LogP contribution in [0.2, 0.25) is 0 Å². The summed E-state index contributed by atoms with van der Waals surface area (Å²) < 4.78 is 5.55. The Morgan fingerprint density at radius 2 is 1.68 bits per heavy atom. The van der Waals surface area contributed by atoms with Crippen LogP contribution in [0.15, 0.2) is 60.7 Å². The van der Waals surface area contributed by atoms with E-state index in [1.807, 2.05) is 60.7 Å². The predicted octanol–water partition coefficient (Wildman–Crippen LogP) is 1.89. The lowest BCUT2D eigenvalue weighted by Gasteiger charge is -2.23. The number of carbonyl (C=O) groups is 1. The molecular weight excluding hydrogens is 320 g/mol. The first kappa shape index (κ1) is 18.8. The summed E-state index contributed by atoms with van der Waals surface area (Å²) in [4.78, 5) is 11.0. The molecule has 2 aromatic rings. The monoisotopic (exact) mass is 344 g/mol. The molecule has 0 aliphatic rings. The normalized spacial score (nSPS) is 13.0. The maximum atomic E-state index is 11.0. The Kier molecular flexibility index (Phi) is 7.75. The average molecular weight is 344 g/mol. The third-order valence-corrected chi connectivity index (χ3v) is 3.72. The Morgan fingerprint density at radius 1 is 1.04 bits per heavy atom. The van der Waals surface area contributed by atoms with Gasteiger partial charge in [0.15, 0.2) is 0 Å². The molecule has 6 nitrogen and oxygen atoms in total. The minimum Gasteiger partial charge on any atom is -0.492 e. The van der Waals surface area contributed by atoms with Gasteiger partial charge in [-0.05, 0) is 24.1 Å². The first-order valence-corrected chi connectivity index (χ1v) is 8.25. The summed E-state index contributed by atoms with van der Waals surface area (Å²) in [6.45, 7) is 1.29. The fourth-order valence-corrected chi connectivity index (χ4v) is 2.46. The van der Waals surface area contributed by atoms with Crippen LogP contribution in [0.4, 0.5) is 4.79 Å². The molecule has 0 heterocycles. The van der Waals surface area contributed by atoms with Crippen molar-refractivity contribution in [1.82, 2.24) is 10.6 Å². The zero-order valence-electron chi connectivity index (χ0n) is 14.0. The van der Waals surface area contributed by atoms with E-state index in [-0.39, 0.29) is 6.54 Å². The van der Waals surface area contributed by atoms with E-state index in [0.29, 0.717) is 19.6 Å². The molecule has 2 atom stereocenters. The molecule has 0 spiro atoms. The quantitative estimate of drug-likeness (QED) is 0.494. The van der Waals surface area contributed by atoms with E-state index in [1.54, 1.807) is 0 Å². The number of ether oxygens (including phenoxy) is 1. The van der Waals surface area contributed by atoms with Crippen LogP contribution < -0.4 is 15.4 Å². The van der Waals surface area contributed by atoms with E-state index in [0.717, 1.165) is 11.3 Å². The summed E-state index contributed by atoms with van der Waals surface area (Å²) in [7, 11) is 0. The van der Waals surface area contributed by atoms with Gasteiger partial charge in [0, 0.05) is 13.1 Å². The number of aliphatic hydroxyl groups is 1. The third kappa shape index (κ3) is 7.24. The van der Waals surface area contributed by atoms with Crippen LogP contribution in [-0.2, 0) is 6.42 Å². The minimum absolute atomic E-state index is 0.274. The summed E-state index contributed by atoms with van der Waals surface area (Å²) in [5.41, 5.74) is 0.965. The van der Waals surface area contributed by atoms with Gasteiger partial charge in [0.1, 0.15) is 12.4 Å². The number of carboxylic acid groups (broad SMARTS) is 1. The van der Waals surface area contributed by atoms with Gasteiger partial charge in [0.2, 0.25) is 0 Å². The highest BCUT2D eigenvalue weighted by molar-refractivity contribution is 5.65. The van der Waals surface area contributed by atoms with Crippen LogP contribution in [0, 0.1) is 0 Å². The van der Waals surface area contributed by atoms with Crippen molar-refractivity contribution in [3.05, 3.63) is 66.2 Å². The van der Waals surface area contributed by atoms with Crippen LogP contribution in [0.1, 0.15) is 5.56 Å². The van der Waals surface area contributed by atoms with Gasteiger partial charge in [0.05, 0.1) is 12.1 Å². The molecule has 2 aromatic carbocycles. The molecule has 0 fully saturated rings. The van der Waals surface area contributed by atoms with Gasteiger partial charge in [0.25, 0.3) is 0 Å². The summed E-state index contributed by atoms with van der Waals surface area (Å²) in [5.74, 6) is 0.791. The first-order valence-electron chi connectivity index (χ1n) is 8.25. The Balaban J connectivity index is 1.74. The smallest absolute Gasteiger partial charge is 0.404 e. The highest BCUT2D eigenvalue weighted by Crippen LogP contribution is 2.08. The van der Waals surface area contributed by atoms with Gasteiger partial charge in [-0.1, -0.05) is 48.5 Å². The molecule has 0 aromatic heterocycles. The number of para-hydroxylation sites is 1. The van der Waals surface area contributed by atoms with Crippen molar-refractivity contribution in [3.63, 3.8) is 0 Å². The third-order valence-electron chi connectivity index (χ3n) is 3.72. The predicted molar refractivity (Wildman–Crippen MR) is 95.9 cm³/mol. The van der Waals surface area contributed by atoms with Crippen molar-refractivity contribution in [2.24, 2.45) is 0 Å². The molecule has 0 saturated heterocycles. The molecular formula is C19H24N2O4. The van der Waals surface area contributed by atoms with E-state index in [4.69, 9.17) is 9.84 Å². The molecule has 0 bridgehead atoms. The number of hydrogen-bond acceptors (Lipinski definition) is 4. The molecule has 0 saturated carbocycles. The van der Waals surface area contributed by atoms with Crippen LogP contribution in [-0.4, -0.2) is 48.1 Å². The second-order valence-corrected chi connectivity index (χ2v) is 5.68.